The van der Waals surface area contributed by atoms with Gasteiger partial charge in [0.15, 0.2) is 0 Å². The summed E-state index contributed by atoms with van der Waals surface area (Å²) in [5.41, 5.74) is 6.26. The van der Waals surface area contributed by atoms with Gasteiger partial charge in [-0.25, -0.2) is 0 Å². The molecule has 1 aliphatic rings. The Bertz CT molecular complexity index is 726. The van der Waals surface area contributed by atoms with Crippen LogP contribution < -0.4 is 9.64 Å². The number of aryl methyl sites for hydroxylation is 3. The van der Waals surface area contributed by atoms with E-state index in [0.717, 1.165) is 30.9 Å². The third kappa shape index (κ3) is 3.09. The van der Waals surface area contributed by atoms with E-state index in [9.17, 15) is 0 Å². The zero-order valence-corrected chi connectivity index (χ0v) is 14.4. The zero-order valence-electron chi connectivity index (χ0n) is 14.4. The molecule has 0 bridgehead atoms. The lowest BCUT2D eigenvalue weighted by molar-refractivity contribution is -0.441. The van der Waals surface area contributed by atoms with E-state index in [1.54, 1.807) is 7.11 Å². The third-order valence-electron chi connectivity index (χ3n) is 4.29. The number of rotatable bonds is 3. The van der Waals surface area contributed by atoms with Crippen molar-refractivity contribution in [3.63, 3.8) is 0 Å². The molecule has 2 aromatic carbocycles. The monoisotopic (exact) mass is 308 g/mol. The summed E-state index contributed by atoms with van der Waals surface area (Å²) in [5.74, 6) is 0.888. The first-order valence-corrected chi connectivity index (χ1v) is 8.12. The van der Waals surface area contributed by atoms with E-state index in [1.165, 1.54) is 22.4 Å². The molecule has 3 rings (SSSR count). The van der Waals surface area contributed by atoms with E-state index in [0.29, 0.717) is 0 Å². The number of ether oxygens (including phenoxy) is 1. The van der Waals surface area contributed by atoms with E-state index in [4.69, 9.17) is 4.74 Å². The zero-order chi connectivity index (χ0) is 16.4. The molecule has 0 saturated carbocycles. The molecule has 0 unspecified atom stereocenters. The average Bonchev–Trinajstić information content (AvgIpc) is 2.54. The van der Waals surface area contributed by atoms with Gasteiger partial charge in [-0.1, -0.05) is 47.0 Å². The minimum atomic E-state index is 0.888. The Balaban J connectivity index is 2.03. The summed E-state index contributed by atoms with van der Waals surface area (Å²) >= 11 is 0. The van der Waals surface area contributed by atoms with Crippen molar-refractivity contribution in [1.29, 1.82) is 0 Å². The molecule has 0 aromatic heterocycles. The molecular weight excluding hydrogens is 284 g/mol. The van der Waals surface area contributed by atoms with Crippen LogP contribution in [-0.4, -0.2) is 31.1 Å². The van der Waals surface area contributed by atoms with E-state index in [2.05, 4.69) is 54.8 Å². The first kappa shape index (κ1) is 15.6. The van der Waals surface area contributed by atoms with Gasteiger partial charge in [-0.3, -0.25) is 0 Å². The highest BCUT2D eigenvalue weighted by Gasteiger charge is 2.18. The second-order valence-corrected chi connectivity index (χ2v) is 6.18. The van der Waals surface area contributed by atoms with Crippen LogP contribution in [0.3, 0.4) is 0 Å². The van der Waals surface area contributed by atoms with Crippen LogP contribution in [0.4, 0.5) is 11.4 Å². The lowest BCUT2D eigenvalue weighted by atomic mass is 10.0. The van der Waals surface area contributed by atoms with Gasteiger partial charge in [-0.05, 0) is 26.8 Å². The minimum absolute atomic E-state index is 0.888. The van der Waals surface area contributed by atoms with Gasteiger partial charge in [0.25, 0.3) is 0 Å². The molecule has 0 radical (unpaired) electrons. The second kappa shape index (κ2) is 6.45. The Kier molecular flexibility index (Phi) is 4.37. The number of benzene rings is 2. The fourth-order valence-electron chi connectivity index (χ4n) is 3.42. The Morgan fingerprint density at radius 2 is 1.78 bits per heavy atom. The predicted molar refractivity (Wildman–Crippen MR) is 95.4 cm³/mol. The smallest absolute Gasteiger partial charge is 0.206 e. The molecule has 1 heterocycles. The number of nitrogens with zero attached hydrogens (tertiary/aromatic N) is 2. The van der Waals surface area contributed by atoms with Gasteiger partial charge < -0.3 is 14.2 Å². The van der Waals surface area contributed by atoms with E-state index >= 15 is 0 Å². The SMILES string of the molecule is COc1ccccc1[N+]1=[C-]N(c2c(C)cc(C)cc2C)CCC1. The van der Waals surface area contributed by atoms with Crippen molar-refractivity contribution >= 4 is 17.7 Å². The van der Waals surface area contributed by atoms with Crippen molar-refractivity contribution in [3.8, 4) is 5.75 Å². The summed E-state index contributed by atoms with van der Waals surface area (Å²) < 4.78 is 7.67. The van der Waals surface area contributed by atoms with Gasteiger partial charge in [-0.2, -0.15) is 0 Å². The van der Waals surface area contributed by atoms with Crippen LogP contribution in [0.2, 0.25) is 0 Å². The summed E-state index contributed by atoms with van der Waals surface area (Å²) in [4.78, 5) is 2.25. The van der Waals surface area contributed by atoms with Crippen LogP contribution in [0.25, 0.3) is 0 Å². The molecule has 1 aliphatic heterocycles. The first-order valence-electron chi connectivity index (χ1n) is 8.12. The molecule has 0 aliphatic carbocycles. The number of para-hydroxylation sites is 2. The van der Waals surface area contributed by atoms with Crippen LogP contribution in [0.1, 0.15) is 23.1 Å². The molecule has 0 saturated heterocycles. The molecule has 2 aromatic rings. The van der Waals surface area contributed by atoms with Crippen molar-refractivity contribution in [2.24, 2.45) is 0 Å². The Morgan fingerprint density at radius 3 is 2.48 bits per heavy atom. The van der Waals surface area contributed by atoms with Crippen molar-refractivity contribution in [2.75, 3.05) is 25.1 Å². The highest BCUT2D eigenvalue weighted by atomic mass is 16.5. The number of hydrogen-bond donors (Lipinski definition) is 0. The summed E-state index contributed by atoms with van der Waals surface area (Å²) in [6.07, 6.45) is 4.64. The Morgan fingerprint density at radius 1 is 1.09 bits per heavy atom. The lowest BCUT2D eigenvalue weighted by Gasteiger charge is -2.30. The van der Waals surface area contributed by atoms with E-state index in [-0.39, 0.29) is 0 Å². The summed E-state index contributed by atoms with van der Waals surface area (Å²) in [5, 5.41) is 0. The highest BCUT2D eigenvalue weighted by Crippen LogP contribution is 2.30. The van der Waals surface area contributed by atoms with Crippen LogP contribution >= 0.6 is 0 Å². The lowest BCUT2D eigenvalue weighted by Crippen LogP contribution is -2.35. The van der Waals surface area contributed by atoms with Crippen LogP contribution in [0, 0.1) is 20.8 Å². The highest BCUT2D eigenvalue weighted by molar-refractivity contribution is 5.81. The average molecular weight is 308 g/mol. The Labute approximate surface area is 138 Å². The summed E-state index contributed by atoms with van der Waals surface area (Å²) in [6.45, 7) is 8.46. The van der Waals surface area contributed by atoms with Gasteiger partial charge in [0.05, 0.1) is 25.9 Å². The van der Waals surface area contributed by atoms with Gasteiger partial charge in [-0.15, -0.1) is 0 Å². The van der Waals surface area contributed by atoms with Crippen molar-refractivity contribution < 1.29 is 9.31 Å². The van der Waals surface area contributed by atoms with Crippen molar-refractivity contribution in [2.45, 2.75) is 27.2 Å². The quantitative estimate of drug-likeness (QED) is 0.627. The van der Waals surface area contributed by atoms with Gasteiger partial charge in [0.1, 0.15) is 5.75 Å². The molecule has 23 heavy (non-hydrogen) atoms. The summed E-state index contributed by atoms with van der Waals surface area (Å²) in [7, 11) is 1.72. The molecule has 3 nitrogen and oxygen atoms in total. The molecule has 0 fully saturated rings. The molecule has 0 spiro atoms. The first-order chi connectivity index (χ1) is 11.1. The van der Waals surface area contributed by atoms with E-state index < -0.39 is 0 Å². The molecule has 0 N–H and O–H groups in total. The molecule has 0 atom stereocenters. The van der Waals surface area contributed by atoms with Crippen LogP contribution in [0.5, 0.6) is 5.75 Å². The number of hydrogen-bond acceptors (Lipinski definition) is 2. The van der Waals surface area contributed by atoms with Crippen LogP contribution in [0.15, 0.2) is 36.4 Å². The van der Waals surface area contributed by atoms with Gasteiger partial charge in [0, 0.05) is 12.1 Å². The molecule has 120 valence electrons. The largest absolute Gasteiger partial charge is 0.505 e. The molecule has 0 amide bonds. The minimum Gasteiger partial charge on any atom is -0.505 e. The Hall–Kier alpha value is -2.29. The van der Waals surface area contributed by atoms with Crippen molar-refractivity contribution in [3.05, 3.63) is 53.1 Å². The maximum absolute atomic E-state index is 5.50. The second-order valence-electron chi connectivity index (χ2n) is 6.18. The third-order valence-corrected chi connectivity index (χ3v) is 4.29. The van der Waals surface area contributed by atoms with Crippen molar-refractivity contribution in [1.82, 2.24) is 0 Å². The standard InChI is InChI=1S/C20H24N2O/c1-15-12-16(2)20(17(3)13-15)22-11-7-10-21(14-22)18-8-5-6-9-19(18)23-4/h5-6,8-9,12-13H,7,10-11H2,1-4H3. The fourth-order valence-corrected chi connectivity index (χ4v) is 3.42. The van der Waals surface area contributed by atoms with Gasteiger partial charge >= 0.3 is 0 Å². The topological polar surface area (TPSA) is 15.5 Å². The summed E-state index contributed by atoms with van der Waals surface area (Å²) in [6, 6.07) is 12.6. The fraction of sp³-hybridized carbons (Fsp3) is 0.350. The maximum Gasteiger partial charge on any atom is 0.206 e. The number of anilines is 1. The number of methoxy groups -OCH3 is 1. The van der Waals surface area contributed by atoms with E-state index in [1.807, 2.05) is 18.2 Å². The normalized spacial score (nSPS) is 14.6. The predicted octanol–water partition coefficient (Wildman–Crippen LogP) is 4.08. The van der Waals surface area contributed by atoms with Crippen LogP contribution in [-0.2, 0) is 0 Å². The molecule has 3 heteroatoms. The van der Waals surface area contributed by atoms with Gasteiger partial charge in [0.2, 0.25) is 6.34 Å². The maximum atomic E-state index is 5.50. The molecular formula is C20H24N2O.